The molecule has 3 rings (SSSR count). The van der Waals surface area contributed by atoms with Crippen LogP contribution >= 0.6 is 11.8 Å². The third-order valence-corrected chi connectivity index (χ3v) is 4.98. The van der Waals surface area contributed by atoms with E-state index in [-0.39, 0.29) is 5.91 Å². The molecule has 126 valence electrons. The zero-order valence-corrected chi connectivity index (χ0v) is 14.9. The predicted octanol–water partition coefficient (Wildman–Crippen LogP) is 4.27. The van der Waals surface area contributed by atoms with Crippen LogP contribution in [0, 0.1) is 0 Å². The second-order valence-corrected chi connectivity index (χ2v) is 6.64. The Morgan fingerprint density at radius 1 is 1.12 bits per heavy atom. The molecule has 1 aliphatic rings. The molecule has 1 N–H and O–H groups in total. The van der Waals surface area contributed by atoms with Crippen LogP contribution in [0.1, 0.15) is 23.2 Å². The third kappa shape index (κ3) is 3.67. The molecule has 1 fully saturated rings. The maximum absolute atomic E-state index is 12.5. The Morgan fingerprint density at radius 3 is 2.46 bits per heavy atom. The van der Waals surface area contributed by atoms with Crippen molar-refractivity contribution in [1.82, 2.24) is 0 Å². The summed E-state index contributed by atoms with van der Waals surface area (Å²) < 4.78 is 5.35. The minimum absolute atomic E-state index is 0.159. The number of hydrogen-bond acceptors (Lipinski definition) is 4. The molecule has 1 heterocycles. The van der Waals surface area contributed by atoms with Crippen LogP contribution in [0.2, 0.25) is 0 Å². The molecular weight excluding hydrogens is 320 g/mol. The molecule has 1 aliphatic heterocycles. The van der Waals surface area contributed by atoms with Gasteiger partial charge in [-0.05, 0) is 61.6 Å². The summed E-state index contributed by atoms with van der Waals surface area (Å²) in [4.78, 5) is 16.0. The van der Waals surface area contributed by atoms with Crippen molar-refractivity contribution in [2.45, 2.75) is 17.7 Å². The molecule has 4 nitrogen and oxygen atoms in total. The number of rotatable bonds is 5. The molecule has 0 unspecified atom stereocenters. The van der Waals surface area contributed by atoms with Crippen molar-refractivity contribution in [1.29, 1.82) is 0 Å². The number of thioether (sulfide) groups is 1. The number of benzene rings is 2. The van der Waals surface area contributed by atoms with Crippen LogP contribution in [0.15, 0.2) is 47.4 Å². The van der Waals surface area contributed by atoms with Crippen molar-refractivity contribution in [2.24, 2.45) is 0 Å². The molecule has 2 aromatic rings. The Hall–Kier alpha value is -2.14. The SMILES string of the molecule is COc1cc(SC)ccc1C(=O)Nc1ccc(N2CCCC2)cc1. The Morgan fingerprint density at radius 2 is 1.83 bits per heavy atom. The lowest BCUT2D eigenvalue weighted by molar-refractivity contribution is 0.102. The fourth-order valence-electron chi connectivity index (χ4n) is 2.92. The van der Waals surface area contributed by atoms with Gasteiger partial charge >= 0.3 is 0 Å². The van der Waals surface area contributed by atoms with Crippen molar-refractivity contribution in [3.63, 3.8) is 0 Å². The van der Waals surface area contributed by atoms with Crippen LogP contribution in [0.25, 0.3) is 0 Å². The largest absolute Gasteiger partial charge is 0.496 e. The van der Waals surface area contributed by atoms with E-state index in [9.17, 15) is 4.79 Å². The molecule has 1 amide bonds. The van der Waals surface area contributed by atoms with Gasteiger partial charge in [0.15, 0.2) is 0 Å². The van der Waals surface area contributed by atoms with Crippen molar-refractivity contribution in [2.75, 3.05) is 36.7 Å². The normalized spacial score (nSPS) is 13.8. The third-order valence-electron chi connectivity index (χ3n) is 4.25. The maximum Gasteiger partial charge on any atom is 0.259 e. The summed E-state index contributed by atoms with van der Waals surface area (Å²) in [6, 6.07) is 13.7. The first kappa shape index (κ1) is 16.7. The maximum atomic E-state index is 12.5. The van der Waals surface area contributed by atoms with Gasteiger partial charge in [-0.1, -0.05) is 0 Å². The number of carbonyl (C=O) groups excluding carboxylic acids is 1. The summed E-state index contributed by atoms with van der Waals surface area (Å²) in [5, 5.41) is 2.94. The number of ether oxygens (including phenoxy) is 1. The predicted molar refractivity (Wildman–Crippen MR) is 101 cm³/mol. The average Bonchev–Trinajstić information content (AvgIpc) is 3.16. The second-order valence-electron chi connectivity index (χ2n) is 5.76. The molecule has 0 aliphatic carbocycles. The lowest BCUT2D eigenvalue weighted by Gasteiger charge is -2.18. The first-order chi connectivity index (χ1) is 11.7. The highest BCUT2D eigenvalue weighted by Gasteiger charge is 2.14. The smallest absolute Gasteiger partial charge is 0.259 e. The van der Waals surface area contributed by atoms with Gasteiger partial charge in [0.25, 0.3) is 5.91 Å². The number of methoxy groups -OCH3 is 1. The van der Waals surface area contributed by atoms with Gasteiger partial charge in [-0.15, -0.1) is 11.8 Å². The zero-order chi connectivity index (χ0) is 16.9. The molecule has 5 heteroatoms. The van der Waals surface area contributed by atoms with Crippen LogP contribution in [0.5, 0.6) is 5.75 Å². The highest BCUT2D eigenvalue weighted by Crippen LogP contribution is 2.27. The lowest BCUT2D eigenvalue weighted by Crippen LogP contribution is -2.17. The zero-order valence-electron chi connectivity index (χ0n) is 14.0. The Labute approximate surface area is 147 Å². The van der Waals surface area contributed by atoms with Crippen LogP contribution < -0.4 is 15.0 Å². The molecule has 2 aromatic carbocycles. The van der Waals surface area contributed by atoms with Crippen molar-refractivity contribution < 1.29 is 9.53 Å². The topological polar surface area (TPSA) is 41.6 Å². The summed E-state index contributed by atoms with van der Waals surface area (Å²) in [5.41, 5.74) is 2.55. The molecule has 24 heavy (non-hydrogen) atoms. The second kappa shape index (κ2) is 7.62. The van der Waals surface area contributed by atoms with Crippen molar-refractivity contribution >= 4 is 29.0 Å². The number of anilines is 2. The molecule has 0 saturated carbocycles. The minimum atomic E-state index is -0.159. The quantitative estimate of drug-likeness (QED) is 0.824. The van der Waals surface area contributed by atoms with Crippen LogP contribution in [-0.2, 0) is 0 Å². The van der Waals surface area contributed by atoms with Crippen molar-refractivity contribution in [3.05, 3.63) is 48.0 Å². The molecule has 1 saturated heterocycles. The highest BCUT2D eigenvalue weighted by molar-refractivity contribution is 7.98. The summed E-state index contributed by atoms with van der Waals surface area (Å²) in [7, 11) is 1.58. The summed E-state index contributed by atoms with van der Waals surface area (Å²) >= 11 is 1.62. The summed E-state index contributed by atoms with van der Waals surface area (Å²) in [6.45, 7) is 2.23. The highest BCUT2D eigenvalue weighted by atomic mass is 32.2. The Kier molecular flexibility index (Phi) is 5.30. The monoisotopic (exact) mass is 342 g/mol. The standard InChI is InChI=1S/C19H22N2O2S/c1-23-18-13-16(24-2)9-10-17(18)19(22)20-14-5-7-15(8-6-14)21-11-3-4-12-21/h5-10,13H,3-4,11-12H2,1-2H3,(H,20,22). The number of nitrogens with one attached hydrogen (secondary N) is 1. The number of carbonyl (C=O) groups is 1. The van der Waals surface area contributed by atoms with Crippen LogP contribution in [-0.4, -0.2) is 32.4 Å². The fourth-order valence-corrected chi connectivity index (χ4v) is 3.34. The average molecular weight is 342 g/mol. The number of nitrogens with zero attached hydrogens (tertiary/aromatic N) is 1. The van der Waals surface area contributed by atoms with Crippen LogP contribution in [0.4, 0.5) is 11.4 Å². The molecule has 0 bridgehead atoms. The Bertz CT molecular complexity index is 710. The number of hydrogen-bond donors (Lipinski definition) is 1. The summed E-state index contributed by atoms with van der Waals surface area (Å²) in [6.07, 6.45) is 4.51. The van der Waals surface area contributed by atoms with E-state index in [0.29, 0.717) is 11.3 Å². The van der Waals surface area contributed by atoms with E-state index in [4.69, 9.17) is 4.74 Å². The van der Waals surface area contributed by atoms with E-state index in [0.717, 1.165) is 23.7 Å². The lowest BCUT2D eigenvalue weighted by atomic mass is 10.1. The van der Waals surface area contributed by atoms with E-state index >= 15 is 0 Å². The molecule has 0 atom stereocenters. The minimum Gasteiger partial charge on any atom is -0.496 e. The number of amides is 1. The molecule has 0 spiro atoms. The molecule has 0 radical (unpaired) electrons. The first-order valence-electron chi connectivity index (χ1n) is 8.09. The van der Waals surface area contributed by atoms with Gasteiger partial charge in [-0.25, -0.2) is 0 Å². The summed E-state index contributed by atoms with van der Waals surface area (Å²) in [5.74, 6) is 0.432. The van der Waals surface area contributed by atoms with Gasteiger partial charge in [0.2, 0.25) is 0 Å². The van der Waals surface area contributed by atoms with Gasteiger partial charge in [-0.3, -0.25) is 4.79 Å². The Balaban J connectivity index is 1.72. The molecular formula is C19H22N2O2S. The van der Waals surface area contributed by atoms with Crippen LogP contribution in [0.3, 0.4) is 0 Å². The van der Waals surface area contributed by atoms with E-state index in [1.165, 1.54) is 18.5 Å². The van der Waals surface area contributed by atoms with Gasteiger partial charge in [-0.2, -0.15) is 0 Å². The van der Waals surface area contributed by atoms with Gasteiger partial charge in [0.1, 0.15) is 5.75 Å². The van der Waals surface area contributed by atoms with E-state index < -0.39 is 0 Å². The fraction of sp³-hybridized carbons (Fsp3) is 0.316. The van der Waals surface area contributed by atoms with Gasteiger partial charge in [0, 0.05) is 29.4 Å². The first-order valence-corrected chi connectivity index (χ1v) is 9.32. The van der Waals surface area contributed by atoms with E-state index in [1.54, 1.807) is 24.9 Å². The van der Waals surface area contributed by atoms with Gasteiger partial charge in [0.05, 0.1) is 12.7 Å². The van der Waals surface area contributed by atoms with Gasteiger partial charge < -0.3 is 15.0 Å². The van der Waals surface area contributed by atoms with E-state index in [1.807, 2.05) is 30.5 Å². The molecule has 0 aromatic heterocycles. The van der Waals surface area contributed by atoms with Crippen molar-refractivity contribution in [3.8, 4) is 5.75 Å². The van der Waals surface area contributed by atoms with E-state index in [2.05, 4.69) is 22.3 Å².